The van der Waals surface area contributed by atoms with Gasteiger partial charge in [-0.15, -0.1) is 0 Å². The van der Waals surface area contributed by atoms with Crippen LogP contribution in [-0.4, -0.2) is 24.6 Å². The van der Waals surface area contributed by atoms with Gasteiger partial charge in [0.25, 0.3) is 5.56 Å². The second-order valence-electron chi connectivity index (χ2n) is 7.30. The molecule has 3 aromatic heterocycles. The molecular weight excluding hydrogens is 368 g/mol. The van der Waals surface area contributed by atoms with Gasteiger partial charge in [0, 0.05) is 24.2 Å². The first-order chi connectivity index (χ1) is 14.0. The van der Waals surface area contributed by atoms with Crippen LogP contribution in [0.15, 0.2) is 52.4 Å². The summed E-state index contributed by atoms with van der Waals surface area (Å²) in [4.78, 5) is 32.7. The number of aryl methyl sites for hydroxylation is 1. The van der Waals surface area contributed by atoms with Crippen LogP contribution in [0.5, 0.6) is 0 Å². The first-order valence-corrected chi connectivity index (χ1v) is 9.22. The average Bonchev–Trinajstić information content (AvgIpc) is 3.36. The molecule has 0 bridgehead atoms. The molecule has 5 rings (SSSR count). The van der Waals surface area contributed by atoms with Crippen molar-refractivity contribution in [2.75, 3.05) is 0 Å². The number of H-pyrrole nitrogens is 2. The van der Waals surface area contributed by atoms with Crippen LogP contribution < -0.4 is 11.2 Å². The van der Waals surface area contributed by atoms with Gasteiger partial charge in [0.1, 0.15) is 0 Å². The van der Waals surface area contributed by atoms with E-state index in [-0.39, 0.29) is 5.92 Å². The third-order valence-electron chi connectivity index (χ3n) is 5.47. The van der Waals surface area contributed by atoms with Gasteiger partial charge in [-0.3, -0.25) is 9.78 Å². The van der Waals surface area contributed by atoms with Gasteiger partial charge in [-0.05, 0) is 48.4 Å². The molecule has 1 aliphatic rings. The number of nitrogens with zero attached hydrogens (tertiary/aromatic N) is 4. The van der Waals surface area contributed by atoms with Crippen LogP contribution in [0, 0.1) is 18.3 Å². The molecule has 0 unspecified atom stereocenters. The number of hydrogen-bond donors (Lipinski definition) is 2. The van der Waals surface area contributed by atoms with Gasteiger partial charge < -0.3 is 4.98 Å². The molecule has 1 aromatic carbocycles. The zero-order chi connectivity index (χ0) is 20.1. The Bertz CT molecular complexity index is 1420. The van der Waals surface area contributed by atoms with Crippen LogP contribution in [0.1, 0.15) is 40.5 Å². The summed E-state index contributed by atoms with van der Waals surface area (Å²) in [5.74, 6) is 0.571. The highest BCUT2D eigenvalue weighted by molar-refractivity contribution is 5.63. The fourth-order valence-electron chi connectivity index (χ4n) is 3.90. The van der Waals surface area contributed by atoms with Crippen molar-refractivity contribution in [2.45, 2.75) is 25.2 Å². The van der Waals surface area contributed by atoms with E-state index in [0.29, 0.717) is 22.7 Å². The summed E-state index contributed by atoms with van der Waals surface area (Å²) in [5, 5.41) is 13.6. The lowest BCUT2D eigenvalue weighted by Gasteiger charge is -2.08. The summed E-state index contributed by atoms with van der Waals surface area (Å²) >= 11 is 0. The molecule has 0 amide bonds. The molecule has 1 fully saturated rings. The Labute approximate surface area is 164 Å². The van der Waals surface area contributed by atoms with E-state index in [1.54, 1.807) is 16.9 Å². The maximum atomic E-state index is 12.2. The number of benzene rings is 1. The molecule has 29 heavy (non-hydrogen) atoms. The Kier molecular flexibility index (Phi) is 3.71. The lowest BCUT2D eigenvalue weighted by molar-refractivity contribution is 0.905. The van der Waals surface area contributed by atoms with E-state index in [4.69, 9.17) is 5.26 Å². The van der Waals surface area contributed by atoms with E-state index in [0.717, 1.165) is 23.2 Å². The van der Waals surface area contributed by atoms with Crippen LogP contribution in [0.2, 0.25) is 0 Å². The highest BCUT2D eigenvalue weighted by Crippen LogP contribution is 2.55. The second kappa shape index (κ2) is 6.27. The van der Waals surface area contributed by atoms with Crippen LogP contribution in [0.25, 0.3) is 16.9 Å². The SMILES string of the molecule is Cc1cc([C@H]2C[C@@H]2c2cc(-c3c[nH]c(=O)[nH]c3=O)nn3ccnc23)ccc1C#N. The molecular formula is C21H16N6O2. The third kappa shape index (κ3) is 2.84. The molecule has 0 spiro atoms. The molecule has 8 nitrogen and oxygen atoms in total. The summed E-state index contributed by atoms with van der Waals surface area (Å²) in [6.07, 6.45) is 5.76. The zero-order valence-electron chi connectivity index (χ0n) is 15.5. The van der Waals surface area contributed by atoms with Crippen molar-refractivity contribution in [1.29, 1.82) is 5.26 Å². The molecule has 4 aromatic rings. The monoisotopic (exact) mass is 384 g/mol. The van der Waals surface area contributed by atoms with Crippen molar-refractivity contribution in [3.63, 3.8) is 0 Å². The minimum atomic E-state index is -0.555. The fraction of sp³-hybridized carbons (Fsp3) is 0.190. The van der Waals surface area contributed by atoms with Gasteiger partial charge >= 0.3 is 5.69 Å². The summed E-state index contributed by atoms with van der Waals surface area (Å²) < 4.78 is 1.66. The van der Waals surface area contributed by atoms with Gasteiger partial charge in [-0.2, -0.15) is 10.4 Å². The van der Waals surface area contributed by atoms with E-state index < -0.39 is 11.2 Å². The predicted octanol–water partition coefficient (Wildman–Crippen LogP) is 2.22. The van der Waals surface area contributed by atoms with Crippen molar-refractivity contribution < 1.29 is 0 Å². The Balaban J connectivity index is 1.58. The van der Waals surface area contributed by atoms with Crippen molar-refractivity contribution in [1.82, 2.24) is 24.6 Å². The summed E-state index contributed by atoms with van der Waals surface area (Å²) in [6, 6.07) is 10.0. The molecule has 0 saturated heterocycles. The molecule has 2 N–H and O–H groups in total. The molecule has 3 heterocycles. The van der Waals surface area contributed by atoms with E-state index in [1.165, 1.54) is 11.8 Å². The minimum Gasteiger partial charge on any atom is -0.313 e. The predicted molar refractivity (Wildman–Crippen MR) is 106 cm³/mol. The van der Waals surface area contributed by atoms with Crippen molar-refractivity contribution in [2.24, 2.45) is 0 Å². The van der Waals surface area contributed by atoms with Crippen LogP contribution in [0.3, 0.4) is 0 Å². The first kappa shape index (κ1) is 17.1. The highest BCUT2D eigenvalue weighted by Gasteiger charge is 2.41. The Morgan fingerprint density at radius 2 is 2.10 bits per heavy atom. The molecule has 0 radical (unpaired) electrons. The number of fused-ring (bicyclic) bond motifs is 1. The summed E-state index contributed by atoms with van der Waals surface area (Å²) in [7, 11) is 0. The standard InChI is InChI=1S/C21H16N6O2/c1-11-6-12(2-3-13(11)9-22)14-7-15(14)16-8-18(26-27-5-4-23-19(16)27)17-10-24-21(29)25-20(17)28/h2-6,8,10,14-15H,7H2,1H3,(H2,24,25,28,29)/t14-,15+/m1/s1. The number of aromatic nitrogens is 5. The fourth-order valence-corrected chi connectivity index (χ4v) is 3.90. The molecule has 8 heteroatoms. The number of aromatic amines is 2. The van der Waals surface area contributed by atoms with Gasteiger partial charge in [-0.25, -0.2) is 14.3 Å². The van der Waals surface area contributed by atoms with Gasteiger partial charge in [0.2, 0.25) is 0 Å². The van der Waals surface area contributed by atoms with E-state index in [1.807, 2.05) is 25.1 Å². The maximum Gasteiger partial charge on any atom is 0.325 e. The van der Waals surface area contributed by atoms with E-state index in [9.17, 15) is 9.59 Å². The number of rotatable bonds is 3. The van der Waals surface area contributed by atoms with E-state index >= 15 is 0 Å². The maximum absolute atomic E-state index is 12.2. The molecule has 2 atom stereocenters. The first-order valence-electron chi connectivity index (χ1n) is 9.22. The lowest BCUT2D eigenvalue weighted by Crippen LogP contribution is -2.23. The normalized spacial score (nSPS) is 17.9. The van der Waals surface area contributed by atoms with Gasteiger partial charge in [0.05, 0.1) is 22.9 Å². The van der Waals surface area contributed by atoms with Gasteiger partial charge in [-0.1, -0.05) is 12.1 Å². The molecule has 0 aliphatic heterocycles. The summed E-state index contributed by atoms with van der Waals surface area (Å²) in [6.45, 7) is 1.94. The van der Waals surface area contributed by atoms with Crippen molar-refractivity contribution in [3.05, 3.63) is 85.9 Å². The van der Waals surface area contributed by atoms with Crippen molar-refractivity contribution >= 4 is 5.65 Å². The number of imidazole rings is 1. The summed E-state index contributed by atoms with van der Waals surface area (Å²) in [5.41, 5.74) is 4.35. The topological polar surface area (TPSA) is 120 Å². The zero-order valence-corrected chi connectivity index (χ0v) is 15.5. The third-order valence-corrected chi connectivity index (χ3v) is 5.47. The molecule has 1 saturated carbocycles. The van der Waals surface area contributed by atoms with Crippen LogP contribution in [-0.2, 0) is 0 Å². The smallest absolute Gasteiger partial charge is 0.313 e. The van der Waals surface area contributed by atoms with Crippen LogP contribution in [0.4, 0.5) is 0 Å². The molecule has 142 valence electrons. The van der Waals surface area contributed by atoms with Gasteiger partial charge in [0.15, 0.2) is 5.65 Å². The van der Waals surface area contributed by atoms with Crippen molar-refractivity contribution in [3.8, 4) is 17.3 Å². The average molecular weight is 384 g/mol. The minimum absolute atomic E-state index is 0.246. The Morgan fingerprint density at radius 1 is 1.24 bits per heavy atom. The quantitative estimate of drug-likeness (QED) is 0.561. The molecule has 1 aliphatic carbocycles. The van der Waals surface area contributed by atoms with Crippen LogP contribution >= 0.6 is 0 Å². The second-order valence-corrected chi connectivity index (χ2v) is 7.30. The number of nitrogens with one attached hydrogen (secondary N) is 2. The highest BCUT2D eigenvalue weighted by atomic mass is 16.2. The number of hydrogen-bond acceptors (Lipinski definition) is 5. The largest absolute Gasteiger partial charge is 0.325 e. The lowest BCUT2D eigenvalue weighted by atomic mass is 10.00. The van der Waals surface area contributed by atoms with E-state index in [2.05, 4.69) is 32.2 Å². The number of nitriles is 1. The Morgan fingerprint density at radius 3 is 2.86 bits per heavy atom. The Hall–Kier alpha value is -3.99.